The summed E-state index contributed by atoms with van der Waals surface area (Å²) >= 11 is 0. The van der Waals surface area contributed by atoms with Crippen molar-refractivity contribution in [2.24, 2.45) is 16.5 Å². The van der Waals surface area contributed by atoms with Crippen LogP contribution in [0.25, 0.3) is 0 Å². The van der Waals surface area contributed by atoms with E-state index in [0.717, 1.165) is 6.42 Å². The molecular formula is C7H15N3O. The van der Waals surface area contributed by atoms with E-state index in [1.54, 1.807) is 0 Å². The minimum atomic E-state index is 0.358. The van der Waals surface area contributed by atoms with Gasteiger partial charge < -0.3 is 16.2 Å². The van der Waals surface area contributed by atoms with Gasteiger partial charge in [-0.05, 0) is 6.42 Å². The lowest BCUT2D eigenvalue weighted by Crippen LogP contribution is -2.17. The summed E-state index contributed by atoms with van der Waals surface area (Å²) in [5.41, 5.74) is 10.7. The molecule has 0 aromatic carbocycles. The first-order valence-corrected chi connectivity index (χ1v) is 3.52. The predicted molar refractivity (Wildman–Crippen MR) is 46.1 cm³/mol. The third-order valence-corrected chi connectivity index (χ3v) is 1.13. The van der Waals surface area contributed by atoms with E-state index < -0.39 is 0 Å². The minimum Gasteiger partial charge on any atom is -0.491 e. The van der Waals surface area contributed by atoms with Crippen LogP contribution in [0.5, 0.6) is 0 Å². The first-order chi connectivity index (χ1) is 5.26. The molecule has 0 spiro atoms. The molecule has 0 saturated heterocycles. The second-order valence-electron chi connectivity index (χ2n) is 2.00. The summed E-state index contributed by atoms with van der Waals surface area (Å²) in [6, 6.07) is 0. The number of nitrogens with zero attached hydrogens (tertiary/aromatic N) is 1. The molecular weight excluding hydrogens is 142 g/mol. The van der Waals surface area contributed by atoms with Crippen LogP contribution in [-0.4, -0.2) is 19.5 Å². The van der Waals surface area contributed by atoms with Crippen LogP contribution in [0.1, 0.15) is 13.3 Å². The topological polar surface area (TPSA) is 73.6 Å². The summed E-state index contributed by atoms with van der Waals surface area (Å²) in [6.07, 6.45) is 2.26. The Morgan fingerprint density at radius 1 is 1.64 bits per heavy atom. The predicted octanol–water partition coefficient (Wildman–Crippen LogP) is 0.200. The standard InChI is InChI=1S/C7H15N3O/c1-3-4-10-7(9)6(5-8)11-2/h5H,3-4,8H2,1-2H3,(H2,9,10)/b6-5+. The van der Waals surface area contributed by atoms with Gasteiger partial charge in [0.1, 0.15) is 0 Å². The molecule has 0 amide bonds. The van der Waals surface area contributed by atoms with Gasteiger partial charge >= 0.3 is 0 Å². The molecule has 11 heavy (non-hydrogen) atoms. The van der Waals surface area contributed by atoms with E-state index in [2.05, 4.69) is 4.99 Å². The number of hydrogen-bond acceptors (Lipinski definition) is 3. The third kappa shape index (κ3) is 3.50. The largest absolute Gasteiger partial charge is 0.491 e. The Bertz CT molecular complexity index is 163. The first-order valence-electron chi connectivity index (χ1n) is 3.52. The Hall–Kier alpha value is -1.19. The lowest BCUT2D eigenvalue weighted by atomic mass is 10.4. The van der Waals surface area contributed by atoms with Gasteiger partial charge in [-0.2, -0.15) is 0 Å². The molecule has 0 bridgehead atoms. The van der Waals surface area contributed by atoms with Crippen LogP contribution in [0, 0.1) is 0 Å². The highest BCUT2D eigenvalue weighted by atomic mass is 16.5. The van der Waals surface area contributed by atoms with E-state index in [9.17, 15) is 0 Å². The van der Waals surface area contributed by atoms with E-state index in [0.29, 0.717) is 18.1 Å². The second kappa shape index (κ2) is 5.58. The number of methoxy groups -OCH3 is 1. The summed E-state index contributed by atoms with van der Waals surface area (Å²) in [5, 5.41) is 0. The zero-order chi connectivity index (χ0) is 8.69. The van der Waals surface area contributed by atoms with Gasteiger partial charge in [0.25, 0.3) is 0 Å². The summed E-state index contributed by atoms with van der Waals surface area (Å²) in [4.78, 5) is 4.01. The van der Waals surface area contributed by atoms with Crippen LogP contribution in [0.2, 0.25) is 0 Å². The van der Waals surface area contributed by atoms with Crippen molar-refractivity contribution in [1.82, 2.24) is 0 Å². The van der Waals surface area contributed by atoms with Crippen molar-refractivity contribution >= 4 is 5.84 Å². The normalized spacial score (nSPS) is 13.3. The zero-order valence-electron chi connectivity index (χ0n) is 7.00. The van der Waals surface area contributed by atoms with Gasteiger partial charge in [-0.25, -0.2) is 0 Å². The molecule has 0 aromatic heterocycles. The number of rotatable bonds is 4. The van der Waals surface area contributed by atoms with Crippen LogP contribution in [0.3, 0.4) is 0 Å². The van der Waals surface area contributed by atoms with Gasteiger partial charge in [0, 0.05) is 12.7 Å². The third-order valence-electron chi connectivity index (χ3n) is 1.13. The molecule has 0 aliphatic carbocycles. The maximum atomic E-state index is 5.50. The highest BCUT2D eigenvalue weighted by molar-refractivity contribution is 5.94. The molecule has 0 aliphatic heterocycles. The molecule has 0 unspecified atom stereocenters. The Labute approximate surface area is 66.9 Å². The maximum absolute atomic E-state index is 5.50. The molecule has 0 heterocycles. The van der Waals surface area contributed by atoms with Gasteiger partial charge in [-0.3, -0.25) is 4.99 Å². The van der Waals surface area contributed by atoms with Crippen LogP contribution >= 0.6 is 0 Å². The van der Waals surface area contributed by atoms with E-state index in [1.807, 2.05) is 6.92 Å². The van der Waals surface area contributed by atoms with Gasteiger partial charge in [0.15, 0.2) is 11.6 Å². The Morgan fingerprint density at radius 2 is 2.27 bits per heavy atom. The SMILES string of the molecule is CCCN=C(N)/C(=C\N)OC. The lowest BCUT2D eigenvalue weighted by molar-refractivity contribution is 0.313. The Morgan fingerprint density at radius 3 is 2.64 bits per heavy atom. The van der Waals surface area contributed by atoms with Crippen molar-refractivity contribution in [1.29, 1.82) is 0 Å². The van der Waals surface area contributed by atoms with Crippen molar-refractivity contribution in [3.63, 3.8) is 0 Å². The highest BCUT2D eigenvalue weighted by Crippen LogP contribution is 1.92. The number of nitrogens with two attached hydrogens (primary N) is 2. The molecule has 0 atom stereocenters. The average Bonchev–Trinajstić information content (AvgIpc) is 2.03. The first kappa shape index (κ1) is 9.81. The minimum absolute atomic E-state index is 0.358. The number of amidine groups is 1. The molecule has 0 aromatic rings. The van der Waals surface area contributed by atoms with Crippen molar-refractivity contribution in [2.45, 2.75) is 13.3 Å². The van der Waals surface area contributed by atoms with Gasteiger partial charge in [0.05, 0.1) is 7.11 Å². The molecule has 0 radical (unpaired) electrons. The van der Waals surface area contributed by atoms with Gasteiger partial charge in [0.2, 0.25) is 0 Å². The molecule has 0 rings (SSSR count). The molecule has 4 heteroatoms. The van der Waals surface area contributed by atoms with Crippen molar-refractivity contribution in [2.75, 3.05) is 13.7 Å². The van der Waals surface area contributed by atoms with E-state index in [4.69, 9.17) is 16.2 Å². The highest BCUT2D eigenvalue weighted by Gasteiger charge is 1.98. The average molecular weight is 157 g/mol. The maximum Gasteiger partial charge on any atom is 0.175 e. The fraction of sp³-hybridized carbons (Fsp3) is 0.571. The fourth-order valence-corrected chi connectivity index (χ4v) is 0.568. The zero-order valence-corrected chi connectivity index (χ0v) is 7.00. The van der Waals surface area contributed by atoms with E-state index >= 15 is 0 Å². The van der Waals surface area contributed by atoms with Crippen molar-refractivity contribution < 1.29 is 4.74 Å². The molecule has 0 fully saturated rings. The van der Waals surface area contributed by atoms with Crippen molar-refractivity contribution in [3.05, 3.63) is 12.0 Å². The lowest BCUT2D eigenvalue weighted by Gasteiger charge is -2.02. The molecule has 0 aliphatic rings. The number of aliphatic imine (C=N–C) groups is 1. The quantitative estimate of drug-likeness (QED) is 0.348. The molecule has 4 nitrogen and oxygen atoms in total. The van der Waals surface area contributed by atoms with Crippen LogP contribution in [-0.2, 0) is 4.74 Å². The molecule has 4 N–H and O–H groups in total. The van der Waals surface area contributed by atoms with Gasteiger partial charge in [-0.1, -0.05) is 6.92 Å². The van der Waals surface area contributed by atoms with E-state index in [-0.39, 0.29) is 0 Å². The Balaban J connectivity index is 4.08. The second-order valence-corrected chi connectivity index (χ2v) is 2.00. The van der Waals surface area contributed by atoms with Crippen LogP contribution < -0.4 is 11.5 Å². The van der Waals surface area contributed by atoms with E-state index in [1.165, 1.54) is 13.3 Å². The Kier molecular flexibility index (Phi) is 4.98. The molecule has 0 saturated carbocycles. The smallest absolute Gasteiger partial charge is 0.175 e. The van der Waals surface area contributed by atoms with Crippen LogP contribution in [0.4, 0.5) is 0 Å². The number of ether oxygens (including phenoxy) is 1. The molecule has 64 valence electrons. The summed E-state index contributed by atoms with van der Waals surface area (Å²) in [6.45, 7) is 2.72. The summed E-state index contributed by atoms with van der Waals surface area (Å²) in [5.74, 6) is 0.787. The fourth-order valence-electron chi connectivity index (χ4n) is 0.568. The van der Waals surface area contributed by atoms with Crippen molar-refractivity contribution in [3.8, 4) is 0 Å². The summed E-state index contributed by atoms with van der Waals surface area (Å²) in [7, 11) is 1.51. The van der Waals surface area contributed by atoms with Gasteiger partial charge in [-0.15, -0.1) is 0 Å². The monoisotopic (exact) mass is 157 g/mol. The number of hydrogen-bond donors (Lipinski definition) is 2. The summed E-state index contributed by atoms with van der Waals surface area (Å²) < 4.78 is 4.84. The van der Waals surface area contributed by atoms with Crippen LogP contribution in [0.15, 0.2) is 17.0 Å².